The molecule has 0 spiro atoms. The lowest BCUT2D eigenvalue weighted by Crippen LogP contribution is -2.34. The van der Waals surface area contributed by atoms with E-state index in [4.69, 9.17) is 16.6 Å². The monoisotopic (exact) mass is 384 g/mol. The molecule has 5 rings (SSSR count). The summed E-state index contributed by atoms with van der Waals surface area (Å²) in [6.07, 6.45) is 2.61. The normalized spacial score (nSPS) is 21.6. The Morgan fingerprint density at radius 3 is 3.04 bits per heavy atom. The molecular weight excluding hydrogens is 367 g/mol. The minimum absolute atomic E-state index is 0.260. The lowest BCUT2D eigenvalue weighted by atomic mass is 10.1. The minimum Gasteiger partial charge on any atom is -0.352 e. The summed E-state index contributed by atoms with van der Waals surface area (Å²) in [5.74, 6) is 1.64. The number of fused-ring (bicyclic) bond motifs is 2. The third kappa shape index (κ3) is 2.96. The Labute approximate surface area is 160 Å². The molecule has 27 heavy (non-hydrogen) atoms. The molecule has 6 nitrogen and oxygen atoms in total. The van der Waals surface area contributed by atoms with Crippen molar-refractivity contribution in [2.24, 2.45) is 5.92 Å². The number of hydrogen-bond donors (Lipinski definition) is 2. The van der Waals surface area contributed by atoms with Gasteiger partial charge in [-0.05, 0) is 42.7 Å². The zero-order valence-electron chi connectivity index (χ0n) is 14.5. The number of halogens is 2. The van der Waals surface area contributed by atoms with Crippen LogP contribution in [0, 0.1) is 11.7 Å². The molecule has 2 atom stereocenters. The van der Waals surface area contributed by atoms with Crippen LogP contribution in [0.5, 0.6) is 0 Å². The average molecular weight is 385 g/mol. The minimum atomic E-state index is -0.401. The Bertz CT molecular complexity index is 1010. The summed E-state index contributed by atoms with van der Waals surface area (Å²) < 4.78 is 14.1. The lowest BCUT2D eigenvalue weighted by Gasteiger charge is -2.24. The van der Waals surface area contributed by atoms with E-state index in [0.717, 1.165) is 25.5 Å². The van der Waals surface area contributed by atoms with Gasteiger partial charge in [0.15, 0.2) is 5.82 Å². The summed E-state index contributed by atoms with van der Waals surface area (Å²) in [5, 5.41) is 6.92. The third-order valence-electron chi connectivity index (χ3n) is 5.39. The average Bonchev–Trinajstić information content (AvgIpc) is 3.28. The Kier molecular flexibility index (Phi) is 4.06. The first-order valence-electron chi connectivity index (χ1n) is 9.00. The molecule has 8 heteroatoms. The van der Waals surface area contributed by atoms with E-state index in [2.05, 4.69) is 25.5 Å². The van der Waals surface area contributed by atoms with Gasteiger partial charge in [0.1, 0.15) is 23.5 Å². The Morgan fingerprint density at radius 1 is 1.19 bits per heavy atom. The number of anilines is 3. The van der Waals surface area contributed by atoms with E-state index in [9.17, 15) is 4.39 Å². The van der Waals surface area contributed by atoms with E-state index in [1.807, 2.05) is 12.1 Å². The summed E-state index contributed by atoms with van der Waals surface area (Å²) in [6, 6.07) is 8.78. The molecule has 2 unspecified atom stereocenters. The van der Waals surface area contributed by atoms with E-state index in [-0.39, 0.29) is 5.69 Å². The molecule has 138 valence electrons. The molecule has 2 aliphatic heterocycles. The first-order valence-corrected chi connectivity index (χ1v) is 9.38. The van der Waals surface area contributed by atoms with E-state index in [1.165, 1.54) is 30.9 Å². The highest BCUT2D eigenvalue weighted by atomic mass is 35.5. The third-order valence-corrected chi connectivity index (χ3v) is 5.62. The van der Waals surface area contributed by atoms with Crippen LogP contribution >= 0.6 is 11.6 Å². The second-order valence-electron chi connectivity index (χ2n) is 6.98. The van der Waals surface area contributed by atoms with Crippen LogP contribution in [-0.2, 0) is 0 Å². The van der Waals surface area contributed by atoms with Crippen molar-refractivity contribution in [2.45, 2.75) is 12.5 Å². The van der Waals surface area contributed by atoms with Crippen LogP contribution in [0.1, 0.15) is 6.42 Å². The largest absolute Gasteiger partial charge is 0.352 e. The standard InChI is InChI=1S/C19H18ClFN6/c20-12-1-2-13(21)15(7-12)25-19-18-14(23-10-24-19)3-4-17(26-18)27-6-5-11-8-22-9-16(11)27/h1-4,7,10-11,16,22H,5-6,8-9H2,(H,23,24,25). The molecule has 2 N–H and O–H groups in total. The summed E-state index contributed by atoms with van der Waals surface area (Å²) >= 11 is 6.00. The molecule has 2 aromatic heterocycles. The summed E-state index contributed by atoms with van der Waals surface area (Å²) in [7, 11) is 0. The number of hydrogen-bond acceptors (Lipinski definition) is 6. The number of nitrogens with one attached hydrogen (secondary N) is 2. The van der Waals surface area contributed by atoms with Crippen molar-refractivity contribution in [3.63, 3.8) is 0 Å². The highest BCUT2D eigenvalue weighted by Crippen LogP contribution is 2.33. The Balaban J connectivity index is 1.54. The van der Waals surface area contributed by atoms with E-state index >= 15 is 0 Å². The topological polar surface area (TPSA) is 66.0 Å². The van der Waals surface area contributed by atoms with Gasteiger partial charge in [0.2, 0.25) is 0 Å². The van der Waals surface area contributed by atoms with Gasteiger partial charge < -0.3 is 15.5 Å². The van der Waals surface area contributed by atoms with Crippen LogP contribution < -0.4 is 15.5 Å². The van der Waals surface area contributed by atoms with Gasteiger partial charge in [0, 0.05) is 30.7 Å². The highest BCUT2D eigenvalue weighted by Gasteiger charge is 2.38. The fraction of sp³-hybridized carbons (Fsp3) is 0.316. The summed E-state index contributed by atoms with van der Waals surface area (Å²) in [4.78, 5) is 15.7. The van der Waals surface area contributed by atoms with Gasteiger partial charge >= 0.3 is 0 Å². The van der Waals surface area contributed by atoms with Crippen molar-refractivity contribution in [3.05, 3.63) is 47.5 Å². The zero-order valence-corrected chi connectivity index (χ0v) is 15.2. The fourth-order valence-electron chi connectivity index (χ4n) is 4.04. The quantitative estimate of drug-likeness (QED) is 0.721. The zero-order chi connectivity index (χ0) is 18.4. The summed E-state index contributed by atoms with van der Waals surface area (Å²) in [6.45, 7) is 3.04. The molecule has 0 saturated carbocycles. The van der Waals surface area contributed by atoms with Crippen molar-refractivity contribution in [1.29, 1.82) is 0 Å². The Morgan fingerprint density at radius 2 is 2.11 bits per heavy atom. The number of benzene rings is 1. The first-order chi connectivity index (χ1) is 13.2. The lowest BCUT2D eigenvalue weighted by molar-refractivity contribution is 0.577. The van der Waals surface area contributed by atoms with Crippen molar-refractivity contribution in [1.82, 2.24) is 20.3 Å². The van der Waals surface area contributed by atoms with Gasteiger partial charge in [0.25, 0.3) is 0 Å². The maximum absolute atomic E-state index is 14.1. The highest BCUT2D eigenvalue weighted by molar-refractivity contribution is 6.30. The van der Waals surface area contributed by atoms with Crippen LogP contribution in [0.25, 0.3) is 11.0 Å². The van der Waals surface area contributed by atoms with Gasteiger partial charge in [-0.15, -0.1) is 0 Å². The van der Waals surface area contributed by atoms with Gasteiger partial charge in [-0.25, -0.2) is 19.3 Å². The van der Waals surface area contributed by atoms with Crippen LogP contribution in [0.15, 0.2) is 36.7 Å². The molecule has 0 bridgehead atoms. The van der Waals surface area contributed by atoms with Crippen molar-refractivity contribution >= 4 is 40.0 Å². The number of nitrogens with zero attached hydrogens (tertiary/aromatic N) is 4. The van der Waals surface area contributed by atoms with Gasteiger partial charge in [-0.1, -0.05) is 11.6 Å². The van der Waals surface area contributed by atoms with Crippen LogP contribution in [-0.4, -0.2) is 40.6 Å². The first kappa shape index (κ1) is 16.6. The maximum Gasteiger partial charge on any atom is 0.160 e. The number of rotatable bonds is 3. The predicted octanol–water partition coefficient (Wildman–Crippen LogP) is 3.36. The van der Waals surface area contributed by atoms with Crippen molar-refractivity contribution in [3.8, 4) is 0 Å². The molecule has 2 saturated heterocycles. The SMILES string of the molecule is Fc1ccc(Cl)cc1Nc1ncnc2ccc(N3CCC4CNCC43)nc12. The molecule has 0 aliphatic carbocycles. The molecule has 4 heterocycles. The van der Waals surface area contributed by atoms with E-state index in [1.54, 1.807) is 0 Å². The van der Waals surface area contributed by atoms with Crippen LogP contribution in [0.3, 0.4) is 0 Å². The smallest absolute Gasteiger partial charge is 0.160 e. The van der Waals surface area contributed by atoms with Gasteiger partial charge in [-0.2, -0.15) is 0 Å². The molecule has 0 radical (unpaired) electrons. The molecule has 2 aliphatic rings. The van der Waals surface area contributed by atoms with E-state index in [0.29, 0.717) is 33.8 Å². The van der Waals surface area contributed by atoms with Gasteiger partial charge in [-0.3, -0.25) is 0 Å². The number of pyridine rings is 1. The summed E-state index contributed by atoms with van der Waals surface area (Å²) in [5.41, 5.74) is 1.58. The second-order valence-corrected chi connectivity index (χ2v) is 7.41. The predicted molar refractivity (Wildman–Crippen MR) is 104 cm³/mol. The van der Waals surface area contributed by atoms with E-state index < -0.39 is 5.82 Å². The molecular formula is C19H18ClFN6. The molecule has 0 amide bonds. The maximum atomic E-state index is 14.1. The Hall–Kier alpha value is -2.51. The second kappa shape index (κ2) is 6.58. The van der Waals surface area contributed by atoms with Crippen molar-refractivity contribution < 1.29 is 4.39 Å². The molecule has 1 aromatic carbocycles. The number of aromatic nitrogens is 3. The molecule has 3 aromatic rings. The van der Waals surface area contributed by atoms with Crippen LogP contribution in [0.2, 0.25) is 5.02 Å². The van der Waals surface area contributed by atoms with Gasteiger partial charge in [0.05, 0.1) is 11.2 Å². The fourth-order valence-corrected chi connectivity index (χ4v) is 4.21. The van der Waals surface area contributed by atoms with Crippen molar-refractivity contribution in [2.75, 3.05) is 29.9 Å². The molecule has 2 fully saturated rings. The van der Waals surface area contributed by atoms with Crippen LogP contribution in [0.4, 0.5) is 21.7 Å².